The van der Waals surface area contributed by atoms with Gasteiger partial charge < -0.3 is 4.74 Å². The normalized spacial score (nSPS) is 11.9. The van der Waals surface area contributed by atoms with Crippen LogP contribution in [0.3, 0.4) is 0 Å². The SMILES string of the molecule is COC(=O)[C@@H](Cc1ccccc1Cl)C(C)=O. The topological polar surface area (TPSA) is 43.4 Å². The van der Waals surface area contributed by atoms with Crippen LogP contribution in [-0.2, 0) is 20.7 Å². The number of carbonyl (C=O) groups is 2. The molecule has 16 heavy (non-hydrogen) atoms. The van der Waals surface area contributed by atoms with Crippen molar-refractivity contribution in [2.45, 2.75) is 13.3 Å². The molecule has 0 spiro atoms. The van der Waals surface area contributed by atoms with Gasteiger partial charge in [-0.1, -0.05) is 29.8 Å². The van der Waals surface area contributed by atoms with Crippen LogP contribution in [0.4, 0.5) is 0 Å². The zero-order chi connectivity index (χ0) is 12.1. The van der Waals surface area contributed by atoms with Crippen LogP contribution in [0, 0.1) is 5.92 Å². The minimum Gasteiger partial charge on any atom is -0.468 e. The van der Waals surface area contributed by atoms with Crippen molar-refractivity contribution in [2.24, 2.45) is 5.92 Å². The third kappa shape index (κ3) is 3.07. The highest BCUT2D eigenvalue weighted by atomic mass is 35.5. The molecule has 0 aliphatic rings. The van der Waals surface area contributed by atoms with Crippen LogP contribution in [0.15, 0.2) is 24.3 Å². The first-order chi connectivity index (χ1) is 7.56. The van der Waals surface area contributed by atoms with Crippen LogP contribution < -0.4 is 0 Å². The van der Waals surface area contributed by atoms with E-state index in [9.17, 15) is 9.59 Å². The molecule has 86 valence electrons. The molecule has 1 atom stereocenters. The number of ether oxygens (including phenoxy) is 1. The number of hydrogen-bond acceptors (Lipinski definition) is 3. The van der Waals surface area contributed by atoms with E-state index in [1.54, 1.807) is 18.2 Å². The molecule has 0 unspecified atom stereocenters. The van der Waals surface area contributed by atoms with Gasteiger partial charge in [0.2, 0.25) is 0 Å². The summed E-state index contributed by atoms with van der Waals surface area (Å²) in [6.45, 7) is 1.37. The van der Waals surface area contributed by atoms with Gasteiger partial charge in [-0.15, -0.1) is 0 Å². The van der Waals surface area contributed by atoms with Gasteiger partial charge in [-0.3, -0.25) is 9.59 Å². The lowest BCUT2D eigenvalue weighted by Gasteiger charge is -2.12. The Hall–Kier alpha value is -1.35. The Labute approximate surface area is 99.4 Å². The number of halogens is 1. The maximum Gasteiger partial charge on any atom is 0.316 e. The van der Waals surface area contributed by atoms with Crippen LogP contribution in [0.2, 0.25) is 5.02 Å². The van der Waals surface area contributed by atoms with Crippen molar-refractivity contribution in [1.29, 1.82) is 0 Å². The molecule has 1 aromatic carbocycles. The molecule has 0 amide bonds. The second kappa shape index (κ2) is 5.66. The summed E-state index contributed by atoms with van der Waals surface area (Å²) in [4.78, 5) is 22.7. The molecule has 0 aliphatic heterocycles. The lowest BCUT2D eigenvalue weighted by atomic mass is 9.96. The van der Waals surface area contributed by atoms with Crippen molar-refractivity contribution in [3.8, 4) is 0 Å². The second-order valence-electron chi connectivity index (χ2n) is 3.48. The van der Waals surface area contributed by atoms with E-state index in [4.69, 9.17) is 11.6 Å². The summed E-state index contributed by atoms with van der Waals surface area (Å²) in [7, 11) is 1.27. The van der Waals surface area contributed by atoms with E-state index < -0.39 is 11.9 Å². The van der Waals surface area contributed by atoms with Gasteiger partial charge in [-0.05, 0) is 25.0 Å². The zero-order valence-corrected chi connectivity index (χ0v) is 9.95. The van der Waals surface area contributed by atoms with Gasteiger partial charge in [0.1, 0.15) is 11.7 Å². The van der Waals surface area contributed by atoms with Crippen LogP contribution in [0.5, 0.6) is 0 Å². The Kier molecular flexibility index (Phi) is 4.50. The Morgan fingerprint density at radius 1 is 1.38 bits per heavy atom. The van der Waals surface area contributed by atoms with Gasteiger partial charge in [0.25, 0.3) is 0 Å². The van der Waals surface area contributed by atoms with Gasteiger partial charge in [0.05, 0.1) is 7.11 Å². The van der Waals surface area contributed by atoms with Crippen molar-refractivity contribution in [3.63, 3.8) is 0 Å². The molecule has 0 bridgehead atoms. The molecule has 1 aromatic rings. The Bertz CT molecular complexity index is 401. The number of hydrogen-bond donors (Lipinski definition) is 0. The molecule has 0 fully saturated rings. The van der Waals surface area contributed by atoms with Crippen molar-refractivity contribution >= 4 is 23.4 Å². The number of benzene rings is 1. The third-order valence-electron chi connectivity index (χ3n) is 2.36. The predicted molar refractivity (Wildman–Crippen MR) is 61.3 cm³/mol. The summed E-state index contributed by atoms with van der Waals surface area (Å²) in [5.74, 6) is -1.51. The Morgan fingerprint density at radius 2 is 2.00 bits per heavy atom. The summed E-state index contributed by atoms with van der Waals surface area (Å²) in [5, 5.41) is 0.553. The molecule has 0 saturated heterocycles. The number of ketones is 1. The third-order valence-corrected chi connectivity index (χ3v) is 2.73. The first-order valence-electron chi connectivity index (χ1n) is 4.88. The van der Waals surface area contributed by atoms with Gasteiger partial charge >= 0.3 is 5.97 Å². The van der Waals surface area contributed by atoms with E-state index in [-0.39, 0.29) is 12.2 Å². The van der Waals surface area contributed by atoms with Crippen LogP contribution in [-0.4, -0.2) is 18.9 Å². The molecule has 0 aromatic heterocycles. The maximum atomic E-state index is 11.4. The molecule has 0 radical (unpaired) electrons. The molecule has 3 nitrogen and oxygen atoms in total. The number of methoxy groups -OCH3 is 1. The standard InChI is InChI=1S/C12H13ClO3/c1-8(14)10(12(15)16-2)7-9-5-3-4-6-11(9)13/h3-6,10H,7H2,1-2H3/t10-/m0/s1. The quantitative estimate of drug-likeness (QED) is 0.599. The van der Waals surface area contributed by atoms with E-state index in [1.165, 1.54) is 14.0 Å². The minimum atomic E-state index is -0.773. The zero-order valence-electron chi connectivity index (χ0n) is 9.20. The van der Waals surface area contributed by atoms with Crippen molar-refractivity contribution in [3.05, 3.63) is 34.9 Å². The highest BCUT2D eigenvalue weighted by Crippen LogP contribution is 2.19. The van der Waals surface area contributed by atoms with E-state index in [1.807, 2.05) is 6.07 Å². The fourth-order valence-electron chi connectivity index (χ4n) is 1.42. The summed E-state index contributed by atoms with van der Waals surface area (Å²) in [5.41, 5.74) is 0.773. The number of Topliss-reactive ketones (excluding diaryl/α,β-unsaturated/α-hetero) is 1. The number of esters is 1. The molecule has 0 saturated carbocycles. The van der Waals surface area contributed by atoms with Crippen molar-refractivity contribution in [2.75, 3.05) is 7.11 Å². The minimum absolute atomic E-state index is 0.216. The predicted octanol–water partition coefficient (Wildman–Crippen LogP) is 2.26. The summed E-state index contributed by atoms with van der Waals surface area (Å²) in [6.07, 6.45) is 0.279. The fourth-order valence-corrected chi connectivity index (χ4v) is 1.63. The first kappa shape index (κ1) is 12.7. The molecule has 0 heterocycles. The van der Waals surface area contributed by atoms with E-state index >= 15 is 0 Å². The summed E-state index contributed by atoms with van der Waals surface area (Å²) in [6, 6.07) is 7.13. The van der Waals surface area contributed by atoms with Crippen LogP contribution in [0.25, 0.3) is 0 Å². The monoisotopic (exact) mass is 240 g/mol. The average molecular weight is 241 g/mol. The second-order valence-corrected chi connectivity index (χ2v) is 3.89. The maximum absolute atomic E-state index is 11.4. The highest BCUT2D eigenvalue weighted by Gasteiger charge is 2.25. The van der Waals surface area contributed by atoms with E-state index in [0.29, 0.717) is 5.02 Å². The smallest absolute Gasteiger partial charge is 0.316 e. The fraction of sp³-hybridized carbons (Fsp3) is 0.333. The summed E-state index contributed by atoms with van der Waals surface area (Å²) >= 11 is 5.96. The molecular formula is C12H13ClO3. The number of carbonyl (C=O) groups excluding carboxylic acids is 2. The first-order valence-corrected chi connectivity index (χ1v) is 5.25. The number of rotatable bonds is 4. The lowest BCUT2D eigenvalue weighted by Crippen LogP contribution is -2.25. The highest BCUT2D eigenvalue weighted by molar-refractivity contribution is 6.31. The lowest BCUT2D eigenvalue weighted by molar-refractivity contribution is -0.148. The average Bonchev–Trinajstić information content (AvgIpc) is 2.26. The molecule has 1 rings (SSSR count). The molecule has 0 aliphatic carbocycles. The Balaban J connectivity index is 2.88. The molecular weight excluding hydrogens is 228 g/mol. The van der Waals surface area contributed by atoms with Crippen LogP contribution >= 0.6 is 11.6 Å². The molecule has 4 heteroatoms. The van der Waals surface area contributed by atoms with Gasteiger partial charge in [0.15, 0.2) is 0 Å². The van der Waals surface area contributed by atoms with E-state index in [0.717, 1.165) is 5.56 Å². The van der Waals surface area contributed by atoms with Gasteiger partial charge in [0, 0.05) is 5.02 Å². The van der Waals surface area contributed by atoms with Crippen molar-refractivity contribution < 1.29 is 14.3 Å². The van der Waals surface area contributed by atoms with Crippen LogP contribution in [0.1, 0.15) is 12.5 Å². The summed E-state index contributed by atoms with van der Waals surface area (Å²) < 4.78 is 4.58. The van der Waals surface area contributed by atoms with Gasteiger partial charge in [-0.2, -0.15) is 0 Å². The Morgan fingerprint density at radius 3 is 2.50 bits per heavy atom. The van der Waals surface area contributed by atoms with E-state index in [2.05, 4.69) is 4.74 Å². The largest absolute Gasteiger partial charge is 0.468 e. The molecule has 0 N–H and O–H groups in total. The van der Waals surface area contributed by atoms with Crippen molar-refractivity contribution in [1.82, 2.24) is 0 Å². The van der Waals surface area contributed by atoms with Gasteiger partial charge in [-0.25, -0.2) is 0 Å².